The average molecular weight is 326 g/mol. The number of carbonyl (C=O) groups excluding carboxylic acids is 1. The summed E-state index contributed by atoms with van der Waals surface area (Å²) in [6.07, 6.45) is -1.54. The number of pyridine rings is 1. The molecule has 1 saturated carbocycles. The van der Waals surface area contributed by atoms with Gasteiger partial charge in [-0.2, -0.15) is 13.2 Å². The van der Waals surface area contributed by atoms with Gasteiger partial charge in [-0.1, -0.05) is 12.5 Å². The standard InChI is InChI=1S/C15H17F3N4O/c16-15(17,18)11-5-3-4-10(8-11)14(23)19-9-13-21-20-12-6-1-2-7-22(12)13/h1-2,6-7,10-11H,3-5,8-9H2,(H,19,23). The largest absolute Gasteiger partial charge is 0.391 e. The first-order valence-corrected chi connectivity index (χ1v) is 7.58. The second kappa shape index (κ2) is 6.17. The van der Waals surface area contributed by atoms with E-state index in [0.29, 0.717) is 24.3 Å². The van der Waals surface area contributed by atoms with Crippen molar-refractivity contribution < 1.29 is 18.0 Å². The van der Waals surface area contributed by atoms with Crippen LogP contribution < -0.4 is 5.32 Å². The van der Waals surface area contributed by atoms with E-state index in [1.807, 2.05) is 12.1 Å². The Morgan fingerprint density at radius 3 is 2.91 bits per heavy atom. The summed E-state index contributed by atoms with van der Waals surface area (Å²) < 4.78 is 40.2. The Bertz CT molecular complexity index is 697. The molecule has 1 aliphatic carbocycles. The summed E-state index contributed by atoms with van der Waals surface area (Å²) in [5.41, 5.74) is 0.659. The Kier molecular flexibility index (Phi) is 4.23. The number of fused-ring (bicyclic) bond motifs is 1. The van der Waals surface area contributed by atoms with Gasteiger partial charge in [0, 0.05) is 12.1 Å². The third-order valence-corrected chi connectivity index (χ3v) is 4.31. The van der Waals surface area contributed by atoms with Crippen LogP contribution in [-0.4, -0.2) is 26.7 Å². The SMILES string of the molecule is O=C(NCc1nnc2ccccn12)C1CCCC(C(F)(F)F)C1. The number of carbonyl (C=O) groups is 1. The van der Waals surface area contributed by atoms with Crippen molar-refractivity contribution in [3.8, 4) is 0 Å². The van der Waals surface area contributed by atoms with Gasteiger partial charge < -0.3 is 5.32 Å². The summed E-state index contributed by atoms with van der Waals surface area (Å²) in [4.78, 5) is 12.2. The average Bonchev–Trinajstić information content (AvgIpc) is 2.95. The van der Waals surface area contributed by atoms with Crippen LogP contribution in [0, 0.1) is 11.8 Å². The predicted octanol–water partition coefficient (Wildman–Crippen LogP) is 2.71. The molecule has 0 aliphatic heterocycles. The highest BCUT2D eigenvalue weighted by Gasteiger charge is 2.43. The van der Waals surface area contributed by atoms with Crippen LogP contribution in [0.15, 0.2) is 24.4 Å². The van der Waals surface area contributed by atoms with E-state index in [-0.39, 0.29) is 25.3 Å². The molecule has 2 aromatic rings. The third-order valence-electron chi connectivity index (χ3n) is 4.31. The Labute approximate surface area is 130 Å². The van der Waals surface area contributed by atoms with Crippen LogP contribution in [0.1, 0.15) is 31.5 Å². The van der Waals surface area contributed by atoms with Crippen molar-refractivity contribution in [2.45, 2.75) is 38.4 Å². The highest BCUT2D eigenvalue weighted by atomic mass is 19.4. The van der Waals surface area contributed by atoms with Crippen molar-refractivity contribution in [2.24, 2.45) is 11.8 Å². The van der Waals surface area contributed by atoms with Gasteiger partial charge in [0.2, 0.25) is 5.91 Å². The van der Waals surface area contributed by atoms with Gasteiger partial charge in [-0.25, -0.2) is 0 Å². The second-order valence-electron chi connectivity index (χ2n) is 5.86. The molecular weight excluding hydrogens is 309 g/mol. The summed E-state index contributed by atoms with van der Waals surface area (Å²) in [6.45, 7) is 0.150. The zero-order valence-electron chi connectivity index (χ0n) is 12.4. The van der Waals surface area contributed by atoms with Gasteiger partial charge in [-0.15, -0.1) is 10.2 Å². The van der Waals surface area contributed by atoms with Crippen LogP contribution in [0.25, 0.3) is 5.65 Å². The number of alkyl halides is 3. The quantitative estimate of drug-likeness (QED) is 0.943. The molecule has 1 amide bonds. The molecule has 124 valence electrons. The smallest absolute Gasteiger partial charge is 0.349 e. The normalized spacial score (nSPS) is 22.2. The number of aromatic nitrogens is 3. The zero-order chi connectivity index (χ0) is 16.4. The maximum absolute atomic E-state index is 12.8. The van der Waals surface area contributed by atoms with Gasteiger partial charge in [0.1, 0.15) is 0 Å². The highest BCUT2D eigenvalue weighted by Crippen LogP contribution is 2.39. The number of hydrogen-bond acceptors (Lipinski definition) is 3. The van der Waals surface area contributed by atoms with Gasteiger partial charge in [0.15, 0.2) is 11.5 Å². The van der Waals surface area contributed by atoms with Gasteiger partial charge in [-0.3, -0.25) is 9.20 Å². The monoisotopic (exact) mass is 326 g/mol. The molecule has 0 bridgehead atoms. The molecule has 2 atom stereocenters. The van der Waals surface area contributed by atoms with Crippen LogP contribution in [-0.2, 0) is 11.3 Å². The van der Waals surface area contributed by atoms with E-state index in [4.69, 9.17) is 0 Å². The third kappa shape index (κ3) is 3.46. The van der Waals surface area contributed by atoms with Crippen molar-refractivity contribution in [1.29, 1.82) is 0 Å². The second-order valence-corrected chi connectivity index (χ2v) is 5.86. The Balaban J connectivity index is 1.61. The number of amides is 1. The maximum Gasteiger partial charge on any atom is 0.391 e. The van der Waals surface area contributed by atoms with E-state index in [1.54, 1.807) is 16.7 Å². The molecule has 0 aromatic carbocycles. The van der Waals surface area contributed by atoms with Crippen LogP contribution in [0.3, 0.4) is 0 Å². The first-order valence-electron chi connectivity index (χ1n) is 7.58. The fourth-order valence-electron chi connectivity index (χ4n) is 3.05. The molecule has 0 spiro atoms. The molecule has 2 unspecified atom stereocenters. The molecule has 1 fully saturated rings. The molecule has 5 nitrogen and oxygen atoms in total. The Morgan fingerprint density at radius 1 is 1.30 bits per heavy atom. The van der Waals surface area contributed by atoms with Gasteiger partial charge in [0.25, 0.3) is 0 Å². The van der Waals surface area contributed by atoms with Gasteiger partial charge >= 0.3 is 6.18 Å². The molecule has 1 aliphatic rings. The first kappa shape index (κ1) is 15.8. The number of hydrogen-bond donors (Lipinski definition) is 1. The van der Waals surface area contributed by atoms with Crippen LogP contribution in [0.5, 0.6) is 0 Å². The highest BCUT2D eigenvalue weighted by molar-refractivity contribution is 5.78. The van der Waals surface area contributed by atoms with Crippen molar-refractivity contribution in [2.75, 3.05) is 0 Å². The number of halogens is 3. The molecule has 3 rings (SSSR count). The van der Waals surface area contributed by atoms with Gasteiger partial charge in [0.05, 0.1) is 12.5 Å². The number of rotatable bonds is 3. The Hall–Kier alpha value is -2.12. The molecule has 0 saturated heterocycles. The van der Waals surface area contributed by atoms with E-state index in [2.05, 4.69) is 15.5 Å². The minimum Gasteiger partial charge on any atom is -0.349 e. The van der Waals surface area contributed by atoms with Crippen molar-refractivity contribution >= 4 is 11.6 Å². The summed E-state index contributed by atoms with van der Waals surface area (Å²) in [5.74, 6) is -1.75. The first-order chi connectivity index (χ1) is 10.9. The minimum atomic E-state index is -4.22. The molecule has 8 heteroatoms. The summed E-state index contributed by atoms with van der Waals surface area (Å²) >= 11 is 0. The Morgan fingerprint density at radius 2 is 2.13 bits per heavy atom. The molecule has 0 radical (unpaired) electrons. The van der Waals surface area contributed by atoms with E-state index in [1.165, 1.54) is 0 Å². The zero-order valence-corrected chi connectivity index (χ0v) is 12.4. The topological polar surface area (TPSA) is 59.3 Å². The summed E-state index contributed by atoms with van der Waals surface area (Å²) in [5, 5.41) is 10.6. The van der Waals surface area contributed by atoms with E-state index in [9.17, 15) is 18.0 Å². The van der Waals surface area contributed by atoms with Gasteiger partial charge in [-0.05, 0) is 31.4 Å². The maximum atomic E-state index is 12.8. The fraction of sp³-hybridized carbons (Fsp3) is 0.533. The molecule has 2 heterocycles. The van der Waals surface area contributed by atoms with Crippen LogP contribution in [0.4, 0.5) is 13.2 Å². The fourth-order valence-corrected chi connectivity index (χ4v) is 3.05. The van der Waals surface area contributed by atoms with Crippen molar-refractivity contribution in [1.82, 2.24) is 19.9 Å². The predicted molar refractivity (Wildman–Crippen MR) is 76.3 cm³/mol. The molecular formula is C15H17F3N4O. The minimum absolute atomic E-state index is 0.113. The number of nitrogens with zero attached hydrogens (tertiary/aromatic N) is 3. The summed E-state index contributed by atoms with van der Waals surface area (Å²) in [6, 6.07) is 5.43. The van der Waals surface area contributed by atoms with Crippen molar-refractivity contribution in [3.63, 3.8) is 0 Å². The lowest BCUT2D eigenvalue weighted by molar-refractivity contribution is -0.186. The van der Waals surface area contributed by atoms with Crippen molar-refractivity contribution in [3.05, 3.63) is 30.2 Å². The van der Waals surface area contributed by atoms with Crippen LogP contribution >= 0.6 is 0 Å². The lowest BCUT2D eigenvalue weighted by atomic mass is 9.80. The lowest BCUT2D eigenvalue weighted by Crippen LogP contribution is -2.37. The summed E-state index contributed by atoms with van der Waals surface area (Å²) in [7, 11) is 0. The molecule has 23 heavy (non-hydrogen) atoms. The van der Waals surface area contributed by atoms with Crippen LogP contribution in [0.2, 0.25) is 0 Å². The van der Waals surface area contributed by atoms with E-state index in [0.717, 1.165) is 0 Å². The lowest BCUT2D eigenvalue weighted by Gasteiger charge is -2.29. The number of nitrogens with one attached hydrogen (secondary N) is 1. The molecule has 1 N–H and O–H groups in total. The molecule has 2 aromatic heterocycles. The van der Waals surface area contributed by atoms with E-state index >= 15 is 0 Å². The van der Waals surface area contributed by atoms with E-state index < -0.39 is 18.0 Å².